The highest BCUT2D eigenvalue weighted by Gasteiger charge is 2.22. The minimum Gasteiger partial charge on any atom is -0.364 e. The van der Waals surface area contributed by atoms with Crippen LogP contribution in [-0.2, 0) is 13.0 Å². The van der Waals surface area contributed by atoms with Gasteiger partial charge in [0.25, 0.3) is 0 Å². The molecular formula is C14H16N4O. The average Bonchev–Trinajstić information content (AvgIpc) is 3.09. The van der Waals surface area contributed by atoms with Crippen LogP contribution in [0.2, 0.25) is 0 Å². The second-order valence-corrected chi connectivity index (χ2v) is 4.42. The summed E-state index contributed by atoms with van der Waals surface area (Å²) in [6.45, 7) is 1.57. The van der Waals surface area contributed by atoms with E-state index >= 15 is 0 Å². The highest BCUT2D eigenvalue weighted by molar-refractivity contribution is 5.97. The van der Waals surface area contributed by atoms with Gasteiger partial charge < -0.3 is 14.7 Å². The van der Waals surface area contributed by atoms with Crippen LogP contribution in [0.15, 0.2) is 46.1 Å². The molecule has 0 atom stereocenters. The molecule has 0 unspecified atom stereocenters. The molecule has 1 aliphatic rings. The summed E-state index contributed by atoms with van der Waals surface area (Å²) in [5.74, 6) is 0.868. The molecule has 5 nitrogen and oxygen atoms in total. The molecule has 0 aliphatic carbocycles. The Hall–Kier alpha value is -2.30. The van der Waals surface area contributed by atoms with E-state index in [2.05, 4.69) is 44.6 Å². The Balaban J connectivity index is 1.74. The Bertz CT molecular complexity index is 577. The Morgan fingerprint density at radius 3 is 3.11 bits per heavy atom. The molecule has 0 spiro atoms. The van der Waals surface area contributed by atoms with Crippen molar-refractivity contribution in [1.82, 2.24) is 10.5 Å². The van der Waals surface area contributed by atoms with Crippen LogP contribution < -0.4 is 10.2 Å². The maximum atomic E-state index is 4.82. The number of benzene rings is 1. The van der Waals surface area contributed by atoms with Gasteiger partial charge >= 0.3 is 0 Å². The van der Waals surface area contributed by atoms with Crippen LogP contribution in [0.3, 0.4) is 0 Å². The first-order valence-corrected chi connectivity index (χ1v) is 6.34. The zero-order valence-corrected chi connectivity index (χ0v) is 10.8. The number of hydrogen-bond acceptors (Lipinski definition) is 3. The fourth-order valence-corrected chi connectivity index (χ4v) is 2.35. The SMILES string of the molecule is CN=C(NCc1ccon1)N1CCc2ccccc21. The van der Waals surface area contributed by atoms with Crippen LogP contribution in [0.5, 0.6) is 0 Å². The van der Waals surface area contributed by atoms with Crippen LogP contribution in [0.1, 0.15) is 11.3 Å². The highest BCUT2D eigenvalue weighted by Crippen LogP contribution is 2.27. The molecule has 19 heavy (non-hydrogen) atoms. The van der Waals surface area contributed by atoms with Crippen molar-refractivity contribution in [2.45, 2.75) is 13.0 Å². The molecular weight excluding hydrogens is 240 g/mol. The van der Waals surface area contributed by atoms with Gasteiger partial charge in [-0.3, -0.25) is 4.99 Å². The lowest BCUT2D eigenvalue weighted by molar-refractivity contribution is 0.411. The van der Waals surface area contributed by atoms with E-state index in [4.69, 9.17) is 4.52 Å². The van der Waals surface area contributed by atoms with Gasteiger partial charge in [0.2, 0.25) is 0 Å². The topological polar surface area (TPSA) is 53.7 Å². The number of guanidine groups is 1. The second kappa shape index (κ2) is 5.14. The predicted octanol–water partition coefficient (Wildman–Crippen LogP) is 1.81. The van der Waals surface area contributed by atoms with Crippen molar-refractivity contribution in [2.75, 3.05) is 18.5 Å². The Morgan fingerprint density at radius 2 is 2.32 bits per heavy atom. The molecule has 0 bridgehead atoms. The quantitative estimate of drug-likeness (QED) is 0.657. The number of aromatic nitrogens is 1. The van der Waals surface area contributed by atoms with E-state index in [1.807, 2.05) is 6.07 Å². The zero-order chi connectivity index (χ0) is 13.1. The summed E-state index contributed by atoms with van der Waals surface area (Å²) in [5.41, 5.74) is 3.47. The molecule has 1 aromatic heterocycles. The van der Waals surface area contributed by atoms with Crippen molar-refractivity contribution >= 4 is 11.6 Å². The summed E-state index contributed by atoms with van der Waals surface area (Å²) in [6.07, 6.45) is 2.63. The Labute approximate surface area is 111 Å². The monoisotopic (exact) mass is 256 g/mol. The van der Waals surface area contributed by atoms with Gasteiger partial charge in [0.15, 0.2) is 5.96 Å². The van der Waals surface area contributed by atoms with Gasteiger partial charge in [-0.25, -0.2) is 0 Å². The molecule has 0 radical (unpaired) electrons. The van der Waals surface area contributed by atoms with Crippen molar-refractivity contribution in [3.05, 3.63) is 47.9 Å². The van der Waals surface area contributed by atoms with E-state index in [-0.39, 0.29) is 0 Å². The van der Waals surface area contributed by atoms with Crippen molar-refractivity contribution in [3.8, 4) is 0 Å². The first-order chi connectivity index (χ1) is 9.38. The summed E-state index contributed by atoms with van der Waals surface area (Å²) in [5, 5.41) is 7.19. The molecule has 2 heterocycles. The van der Waals surface area contributed by atoms with Crippen LogP contribution >= 0.6 is 0 Å². The van der Waals surface area contributed by atoms with Gasteiger partial charge in [0.05, 0.1) is 6.54 Å². The van der Waals surface area contributed by atoms with Crippen molar-refractivity contribution < 1.29 is 4.52 Å². The summed E-state index contributed by atoms with van der Waals surface area (Å²) in [7, 11) is 1.80. The molecule has 1 aliphatic heterocycles. The number of aliphatic imine (C=N–C) groups is 1. The summed E-state index contributed by atoms with van der Waals surface area (Å²) in [6, 6.07) is 10.3. The molecule has 0 saturated heterocycles. The number of para-hydroxylation sites is 1. The molecule has 98 valence electrons. The number of fused-ring (bicyclic) bond motifs is 1. The molecule has 3 rings (SSSR count). The third-order valence-electron chi connectivity index (χ3n) is 3.27. The number of nitrogens with one attached hydrogen (secondary N) is 1. The zero-order valence-electron chi connectivity index (χ0n) is 10.8. The normalized spacial score (nSPS) is 14.6. The van der Waals surface area contributed by atoms with E-state index in [1.165, 1.54) is 11.3 Å². The van der Waals surface area contributed by atoms with Gasteiger partial charge in [0.1, 0.15) is 12.0 Å². The van der Waals surface area contributed by atoms with Crippen molar-refractivity contribution in [3.63, 3.8) is 0 Å². The smallest absolute Gasteiger partial charge is 0.198 e. The molecule has 1 aromatic carbocycles. The predicted molar refractivity (Wildman–Crippen MR) is 74.2 cm³/mol. The van der Waals surface area contributed by atoms with E-state index in [0.29, 0.717) is 6.54 Å². The summed E-state index contributed by atoms with van der Waals surface area (Å²) < 4.78 is 4.82. The Morgan fingerprint density at radius 1 is 1.42 bits per heavy atom. The van der Waals surface area contributed by atoms with E-state index < -0.39 is 0 Å². The lowest BCUT2D eigenvalue weighted by Gasteiger charge is -2.21. The first kappa shape index (κ1) is 11.8. The number of nitrogens with zero attached hydrogens (tertiary/aromatic N) is 3. The molecule has 2 aromatic rings. The minimum absolute atomic E-state index is 0.613. The first-order valence-electron chi connectivity index (χ1n) is 6.34. The van der Waals surface area contributed by atoms with Gasteiger partial charge in [0, 0.05) is 25.3 Å². The molecule has 0 fully saturated rings. The average molecular weight is 256 g/mol. The van der Waals surface area contributed by atoms with E-state index in [1.54, 1.807) is 13.3 Å². The van der Waals surface area contributed by atoms with E-state index in [9.17, 15) is 0 Å². The maximum Gasteiger partial charge on any atom is 0.198 e. The van der Waals surface area contributed by atoms with Crippen LogP contribution in [0.4, 0.5) is 5.69 Å². The van der Waals surface area contributed by atoms with Crippen LogP contribution in [0.25, 0.3) is 0 Å². The maximum absolute atomic E-state index is 4.82. The lowest BCUT2D eigenvalue weighted by atomic mass is 10.2. The summed E-state index contributed by atoms with van der Waals surface area (Å²) >= 11 is 0. The van der Waals surface area contributed by atoms with Crippen molar-refractivity contribution in [2.24, 2.45) is 4.99 Å². The van der Waals surface area contributed by atoms with Gasteiger partial charge in [-0.15, -0.1) is 0 Å². The minimum atomic E-state index is 0.613. The van der Waals surface area contributed by atoms with Crippen LogP contribution in [0, 0.1) is 0 Å². The highest BCUT2D eigenvalue weighted by atomic mass is 16.5. The van der Waals surface area contributed by atoms with E-state index in [0.717, 1.165) is 24.6 Å². The third kappa shape index (κ3) is 2.31. The van der Waals surface area contributed by atoms with Gasteiger partial charge in [-0.1, -0.05) is 23.4 Å². The number of hydrogen-bond donors (Lipinski definition) is 1. The fourth-order valence-electron chi connectivity index (χ4n) is 2.35. The second-order valence-electron chi connectivity index (χ2n) is 4.42. The third-order valence-corrected chi connectivity index (χ3v) is 3.27. The molecule has 0 saturated carbocycles. The van der Waals surface area contributed by atoms with Crippen molar-refractivity contribution in [1.29, 1.82) is 0 Å². The molecule has 1 N–H and O–H groups in total. The summed E-state index contributed by atoms with van der Waals surface area (Å²) in [4.78, 5) is 6.55. The standard InChI is InChI=1S/C14H16N4O/c1-15-14(16-10-12-7-9-19-17-12)18-8-6-11-4-2-3-5-13(11)18/h2-5,7,9H,6,8,10H2,1H3,(H,15,16). The fraction of sp³-hybridized carbons (Fsp3) is 0.286. The lowest BCUT2D eigenvalue weighted by Crippen LogP contribution is -2.40. The Kier molecular flexibility index (Phi) is 3.18. The van der Waals surface area contributed by atoms with Crippen LogP contribution in [-0.4, -0.2) is 24.7 Å². The number of rotatable bonds is 2. The van der Waals surface area contributed by atoms with Gasteiger partial charge in [-0.2, -0.15) is 0 Å². The van der Waals surface area contributed by atoms with Gasteiger partial charge in [-0.05, 0) is 18.1 Å². The molecule has 5 heteroatoms. The molecule has 0 amide bonds. The largest absolute Gasteiger partial charge is 0.364 e. The number of anilines is 1.